The number of esters is 1. The number of carboxylic acid groups (broad SMARTS) is 1. The first kappa shape index (κ1) is 42.2. The molecule has 0 aliphatic rings. The standard InChI is InChI=1S/C42H74O4/c1-2-3-4-5-6-7-8-9-10-11-12-13-14-15-16-17-18-19-20-21-22-23-24-25-26-27-28-29-30-31-32-35-38-46-42(45)40-37-34-33-36-39(40)41(43)44/h33-34,36-37H,2-32,35,38H2,1H3,(H,43,44). The van der Waals surface area contributed by atoms with Crippen molar-refractivity contribution in [2.75, 3.05) is 6.61 Å². The second kappa shape index (κ2) is 33.1. The minimum Gasteiger partial charge on any atom is -0.478 e. The molecule has 0 aromatic heterocycles. The van der Waals surface area contributed by atoms with Gasteiger partial charge in [0.05, 0.1) is 17.7 Å². The summed E-state index contributed by atoms with van der Waals surface area (Å²) in [5.74, 6) is -1.65. The Kier molecular flexibility index (Phi) is 30.3. The van der Waals surface area contributed by atoms with Crippen molar-refractivity contribution < 1.29 is 19.4 Å². The second-order valence-corrected chi connectivity index (χ2v) is 13.9. The molecule has 1 aromatic carbocycles. The highest BCUT2D eigenvalue weighted by atomic mass is 16.5. The van der Waals surface area contributed by atoms with Crippen molar-refractivity contribution in [3.05, 3.63) is 35.4 Å². The molecular weight excluding hydrogens is 568 g/mol. The van der Waals surface area contributed by atoms with Crippen LogP contribution in [0.2, 0.25) is 0 Å². The quantitative estimate of drug-likeness (QED) is 0.0591. The third kappa shape index (κ3) is 26.3. The van der Waals surface area contributed by atoms with Crippen LogP contribution < -0.4 is 0 Å². The molecule has 266 valence electrons. The highest BCUT2D eigenvalue weighted by Crippen LogP contribution is 2.17. The summed E-state index contributed by atoms with van der Waals surface area (Å²) in [7, 11) is 0. The van der Waals surface area contributed by atoms with Gasteiger partial charge in [0.15, 0.2) is 0 Å². The number of rotatable bonds is 35. The first-order valence-electron chi connectivity index (χ1n) is 20.2. The predicted octanol–water partition coefficient (Wildman–Crippen LogP) is 14.0. The zero-order valence-electron chi connectivity index (χ0n) is 30.3. The molecule has 0 radical (unpaired) electrons. The molecule has 1 N–H and O–H groups in total. The van der Waals surface area contributed by atoms with Gasteiger partial charge in [0.25, 0.3) is 0 Å². The van der Waals surface area contributed by atoms with Gasteiger partial charge in [-0.2, -0.15) is 0 Å². The number of carbonyl (C=O) groups is 2. The Morgan fingerprint density at radius 3 is 0.978 bits per heavy atom. The summed E-state index contributed by atoms with van der Waals surface area (Å²) in [6.07, 6.45) is 44.4. The van der Waals surface area contributed by atoms with E-state index >= 15 is 0 Å². The Hall–Kier alpha value is -1.84. The molecule has 4 nitrogen and oxygen atoms in total. The number of benzene rings is 1. The number of ether oxygens (including phenoxy) is 1. The molecule has 0 spiro atoms. The summed E-state index contributed by atoms with van der Waals surface area (Å²) >= 11 is 0. The molecule has 1 aromatic rings. The molecule has 0 heterocycles. The van der Waals surface area contributed by atoms with E-state index in [2.05, 4.69) is 6.92 Å². The Balaban J connectivity index is 1.70. The summed E-state index contributed by atoms with van der Waals surface area (Å²) in [5.41, 5.74) is 0.129. The van der Waals surface area contributed by atoms with Crippen LogP contribution in [0.1, 0.15) is 233 Å². The predicted molar refractivity (Wildman–Crippen MR) is 197 cm³/mol. The summed E-state index contributed by atoms with van der Waals surface area (Å²) in [6.45, 7) is 2.65. The van der Waals surface area contributed by atoms with Crippen molar-refractivity contribution in [1.82, 2.24) is 0 Å². The third-order valence-corrected chi connectivity index (χ3v) is 9.61. The average Bonchev–Trinajstić information content (AvgIpc) is 3.06. The number of hydrogen-bond acceptors (Lipinski definition) is 3. The van der Waals surface area contributed by atoms with E-state index in [9.17, 15) is 14.7 Å². The highest BCUT2D eigenvalue weighted by Gasteiger charge is 2.16. The van der Waals surface area contributed by atoms with E-state index in [4.69, 9.17) is 4.74 Å². The summed E-state index contributed by atoms with van der Waals surface area (Å²) in [5, 5.41) is 9.20. The smallest absolute Gasteiger partial charge is 0.339 e. The first-order chi connectivity index (χ1) is 22.7. The lowest BCUT2D eigenvalue weighted by molar-refractivity contribution is 0.0487. The minimum atomic E-state index is -1.10. The van der Waals surface area contributed by atoms with E-state index in [0.717, 1.165) is 12.8 Å². The Bertz CT molecular complexity index is 820. The maximum Gasteiger partial charge on any atom is 0.339 e. The van der Waals surface area contributed by atoms with Crippen molar-refractivity contribution in [3.63, 3.8) is 0 Å². The SMILES string of the molecule is CCCCCCCCCCCCCCCCCCCCCCCCCCCCCCCCCCOC(=O)c1ccccc1C(=O)O. The Labute approximate surface area is 285 Å². The highest BCUT2D eigenvalue weighted by molar-refractivity contribution is 6.02. The van der Waals surface area contributed by atoms with Crippen molar-refractivity contribution in [1.29, 1.82) is 0 Å². The van der Waals surface area contributed by atoms with E-state index in [1.54, 1.807) is 12.1 Å². The number of hydrogen-bond donors (Lipinski definition) is 1. The van der Waals surface area contributed by atoms with E-state index in [-0.39, 0.29) is 11.1 Å². The normalized spacial score (nSPS) is 11.2. The van der Waals surface area contributed by atoms with Crippen LogP contribution in [0.5, 0.6) is 0 Å². The lowest BCUT2D eigenvalue weighted by Gasteiger charge is -2.07. The topological polar surface area (TPSA) is 63.6 Å². The molecule has 0 saturated carbocycles. The molecule has 0 aliphatic carbocycles. The number of unbranched alkanes of at least 4 members (excludes halogenated alkanes) is 31. The Morgan fingerprint density at radius 2 is 0.696 bits per heavy atom. The molecular formula is C42H74O4. The van der Waals surface area contributed by atoms with Crippen LogP contribution in [0, 0.1) is 0 Å². The molecule has 0 saturated heterocycles. The summed E-state index contributed by atoms with van der Waals surface area (Å²) in [4.78, 5) is 23.4. The van der Waals surface area contributed by atoms with Crippen molar-refractivity contribution in [2.24, 2.45) is 0 Å². The lowest BCUT2D eigenvalue weighted by Crippen LogP contribution is -2.12. The first-order valence-corrected chi connectivity index (χ1v) is 20.2. The van der Waals surface area contributed by atoms with Gasteiger partial charge in [0, 0.05) is 0 Å². The van der Waals surface area contributed by atoms with Crippen molar-refractivity contribution >= 4 is 11.9 Å². The van der Waals surface area contributed by atoms with Crippen molar-refractivity contribution in [3.8, 4) is 0 Å². The fourth-order valence-electron chi connectivity index (χ4n) is 6.57. The van der Waals surface area contributed by atoms with Gasteiger partial charge in [-0.1, -0.05) is 218 Å². The van der Waals surface area contributed by atoms with Crippen LogP contribution in [-0.4, -0.2) is 23.7 Å². The summed E-state index contributed by atoms with van der Waals surface area (Å²) in [6, 6.07) is 6.22. The molecule has 46 heavy (non-hydrogen) atoms. The molecule has 0 fully saturated rings. The van der Waals surface area contributed by atoms with Crippen molar-refractivity contribution in [2.45, 2.75) is 212 Å². The molecule has 0 atom stereocenters. The van der Waals surface area contributed by atoms with Crippen LogP contribution in [0.3, 0.4) is 0 Å². The van der Waals surface area contributed by atoms with Gasteiger partial charge in [-0.15, -0.1) is 0 Å². The largest absolute Gasteiger partial charge is 0.478 e. The minimum absolute atomic E-state index is 0.00135. The monoisotopic (exact) mass is 643 g/mol. The maximum atomic E-state index is 12.2. The van der Waals surface area contributed by atoms with Crippen LogP contribution in [0.4, 0.5) is 0 Å². The maximum absolute atomic E-state index is 12.2. The van der Waals surface area contributed by atoms with Gasteiger partial charge >= 0.3 is 11.9 Å². The number of carboxylic acids is 1. The number of carbonyl (C=O) groups excluding carboxylic acids is 1. The van der Waals surface area contributed by atoms with Gasteiger partial charge in [-0.3, -0.25) is 0 Å². The van der Waals surface area contributed by atoms with Crippen LogP contribution >= 0.6 is 0 Å². The van der Waals surface area contributed by atoms with Crippen LogP contribution in [0.15, 0.2) is 24.3 Å². The lowest BCUT2D eigenvalue weighted by atomic mass is 10.0. The average molecular weight is 643 g/mol. The van der Waals surface area contributed by atoms with E-state index < -0.39 is 11.9 Å². The fraction of sp³-hybridized carbons (Fsp3) is 0.810. The van der Waals surface area contributed by atoms with Gasteiger partial charge in [0.2, 0.25) is 0 Å². The van der Waals surface area contributed by atoms with Crippen LogP contribution in [-0.2, 0) is 4.74 Å². The van der Waals surface area contributed by atoms with Gasteiger partial charge in [-0.05, 0) is 18.6 Å². The van der Waals surface area contributed by atoms with Crippen LogP contribution in [0.25, 0.3) is 0 Å². The fourth-order valence-corrected chi connectivity index (χ4v) is 6.57. The molecule has 0 aliphatic heterocycles. The summed E-state index contributed by atoms with van der Waals surface area (Å²) < 4.78 is 5.28. The van der Waals surface area contributed by atoms with E-state index in [1.807, 2.05) is 0 Å². The third-order valence-electron chi connectivity index (χ3n) is 9.61. The molecule has 0 amide bonds. The Morgan fingerprint density at radius 1 is 0.435 bits per heavy atom. The van der Waals surface area contributed by atoms with Gasteiger partial charge in [0.1, 0.15) is 0 Å². The zero-order valence-corrected chi connectivity index (χ0v) is 30.3. The molecule has 4 heteroatoms. The van der Waals surface area contributed by atoms with Gasteiger partial charge < -0.3 is 9.84 Å². The number of aromatic carboxylic acids is 1. The molecule has 0 unspecified atom stereocenters. The van der Waals surface area contributed by atoms with E-state index in [1.165, 1.54) is 205 Å². The molecule has 1 rings (SSSR count). The second-order valence-electron chi connectivity index (χ2n) is 13.9. The van der Waals surface area contributed by atoms with Gasteiger partial charge in [-0.25, -0.2) is 9.59 Å². The molecule has 0 bridgehead atoms. The van der Waals surface area contributed by atoms with E-state index in [0.29, 0.717) is 6.61 Å². The zero-order chi connectivity index (χ0) is 33.2.